The van der Waals surface area contributed by atoms with E-state index in [-0.39, 0.29) is 49.8 Å². The second-order valence-electron chi connectivity index (χ2n) is 7.96. The Balaban J connectivity index is 0.000000338. The predicted molar refractivity (Wildman–Crippen MR) is 136 cm³/mol. The Hall–Kier alpha value is -3.14. The topological polar surface area (TPSA) is 91.3 Å². The maximum atomic E-state index is 13.2. The van der Waals surface area contributed by atoms with Crippen molar-refractivity contribution >= 4 is 17.5 Å². The minimum atomic E-state index is -0.378. The van der Waals surface area contributed by atoms with Crippen molar-refractivity contribution < 1.29 is 42.4 Å². The molecule has 4 rings (SSSR count). The molecule has 0 amide bonds. The molecule has 1 unspecified atom stereocenters. The van der Waals surface area contributed by atoms with Crippen molar-refractivity contribution in [1.29, 1.82) is 0 Å². The molecule has 0 radical (unpaired) electrons. The molecule has 0 bridgehead atoms. The normalized spacial score (nSPS) is 15.7. The largest absolute Gasteiger partial charge is 0.469 e. The van der Waals surface area contributed by atoms with Crippen LogP contribution in [0.4, 0.5) is 8.78 Å². The van der Waals surface area contributed by atoms with E-state index in [0.29, 0.717) is 30.9 Å². The van der Waals surface area contributed by atoms with E-state index in [1.54, 1.807) is 12.1 Å². The van der Waals surface area contributed by atoms with E-state index in [2.05, 4.69) is 9.47 Å². The number of aliphatic hydroxyl groups is 1. The predicted octanol–water partition coefficient (Wildman–Crippen LogP) is 4.24. The van der Waals surface area contributed by atoms with Crippen LogP contribution >= 0.6 is 0 Å². The van der Waals surface area contributed by atoms with Gasteiger partial charge in [-0.25, -0.2) is 8.78 Å². The summed E-state index contributed by atoms with van der Waals surface area (Å²) in [6, 6.07) is 9.00. The number of benzene rings is 2. The van der Waals surface area contributed by atoms with Crippen LogP contribution in [0.25, 0.3) is 5.57 Å². The molecule has 2 heterocycles. The molecule has 9 heteroatoms. The zero-order chi connectivity index (χ0) is 26.5. The lowest BCUT2D eigenvalue weighted by Crippen LogP contribution is -2.10. The van der Waals surface area contributed by atoms with Crippen LogP contribution < -0.4 is 0 Å². The quantitative estimate of drug-likeness (QED) is 0.568. The molecule has 1 fully saturated rings. The number of aliphatic hydroxyl groups excluding tert-OH is 1. The van der Waals surface area contributed by atoms with Gasteiger partial charge in [-0.2, -0.15) is 0 Å². The SMILES string of the molecule is C.CO.COC(=O)Cc1cc(F)ccc1C1=CCOC1.COC(=O)Cc1cc(F)ccc1C1CCOC1. The minimum Gasteiger partial charge on any atom is -0.469 e. The highest BCUT2D eigenvalue weighted by molar-refractivity contribution is 5.78. The van der Waals surface area contributed by atoms with Crippen LogP contribution in [0.1, 0.15) is 42.0 Å². The summed E-state index contributed by atoms with van der Waals surface area (Å²) in [5.41, 5.74) is 4.17. The van der Waals surface area contributed by atoms with Crippen molar-refractivity contribution in [1.82, 2.24) is 0 Å². The fraction of sp³-hybridized carbons (Fsp3) is 0.429. The van der Waals surface area contributed by atoms with Gasteiger partial charge in [-0.15, -0.1) is 0 Å². The number of hydrogen-bond donors (Lipinski definition) is 1. The van der Waals surface area contributed by atoms with E-state index in [0.717, 1.165) is 36.8 Å². The van der Waals surface area contributed by atoms with Crippen molar-refractivity contribution in [3.63, 3.8) is 0 Å². The molecular weight excluding hydrogens is 486 g/mol. The van der Waals surface area contributed by atoms with Crippen molar-refractivity contribution in [2.24, 2.45) is 0 Å². The molecule has 2 aromatic rings. The first kappa shape index (κ1) is 31.9. The van der Waals surface area contributed by atoms with Gasteiger partial charge in [-0.1, -0.05) is 25.6 Å². The molecule has 0 aromatic heterocycles. The molecule has 204 valence electrons. The van der Waals surface area contributed by atoms with Crippen molar-refractivity contribution in [3.05, 3.63) is 76.4 Å². The number of halogens is 2. The number of esters is 2. The molecule has 0 spiro atoms. The number of rotatable bonds is 6. The zero-order valence-electron chi connectivity index (χ0n) is 20.7. The Morgan fingerprint density at radius 3 is 2.08 bits per heavy atom. The Labute approximate surface area is 217 Å². The van der Waals surface area contributed by atoms with Gasteiger partial charge in [0.15, 0.2) is 0 Å². The summed E-state index contributed by atoms with van der Waals surface area (Å²) < 4.78 is 46.2. The van der Waals surface area contributed by atoms with Gasteiger partial charge in [-0.3, -0.25) is 9.59 Å². The first-order valence-electron chi connectivity index (χ1n) is 11.4. The second kappa shape index (κ2) is 16.6. The van der Waals surface area contributed by atoms with Crippen LogP contribution in [0.2, 0.25) is 0 Å². The first-order valence-corrected chi connectivity index (χ1v) is 11.4. The Bertz CT molecular complexity index is 1050. The van der Waals surface area contributed by atoms with Gasteiger partial charge in [0.05, 0.1) is 46.9 Å². The summed E-state index contributed by atoms with van der Waals surface area (Å²) >= 11 is 0. The fourth-order valence-electron chi connectivity index (χ4n) is 3.96. The van der Waals surface area contributed by atoms with Crippen molar-refractivity contribution in [3.8, 4) is 0 Å². The van der Waals surface area contributed by atoms with Crippen LogP contribution in [0.3, 0.4) is 0 Å². The average Bonchev–Trinajstić information content (AvgIpc) is 3.61. The highest BCUT2D eigenvalue weighted by Crippen LogP contribution is 2.29. The summed E-state index contributed by atoms with van der Waals surface area (Å²) in [7, 11) is 3.65. The number of hydrogen-bond acceptors (Lipinski definition) is 7. The molecule has 2 aliphatic rings. The van der Waals surface area contributed by atoms with Gasteiger partial charge in [0, 0.05) is 19.6 Å². The summed E-state index contributed by atoms with van der Waals surface area (Å²) in [6.45, 7) is 2.42. The number of carbonyl (C=O) groups excluding carboxylic acids is 2. The van der Waals surface area contributed by atoms with Gasteiger partial charge >= 0.3 is 11.9 Å². The highest BCUT2D eigenvalue weighted by Gasteiger charge is 2.22. The fourth-order valence-corrected chi connectivity index (χ4v) is 3.96. The van der Waals surface area contributed by atoms with E-state index < -0.39 is 0 Å². The van der Waals surface area contributed by atoms with E-state index in [9.17, 15) is 18.4 Å². The lowest BCUT2D eigenvalue weighted by molar-refractivity contribution is -0.140. The van der Waals surface area contributed by atoms with E-state index in [4.69, 9.17) is 14.6 Å². The average molecular weight is 523 g/mol. The molecule has 1 saturated heterocycles. The zero-order valence-corrected chi connectivity index (χ0v) is 20.7. The standard InChI is InChI=1S/C13H15FO3.C13H13FO3.CH4O.CH4/c2*1-16-13(15)7-10-6-11(14)2-3-12(10)9-4-5-17-8-9;1-2;/h2-3,6,9H,4-5,7-8H2,1H3;2-4,6H,5,7-8H2,1H3;2H,1H3;1H4. The first-order chi connectivity index (χ1) is 17.4. The molecule has 2 aromatic carbocycles. The van der Waals surface area contributed by atoms with Crippen LogP contribution in [-0.2, 0) is 41.4 Å². The number of carbonyl (C=O) groups is 2. The van der Waals surface area contributed by atoms with E-state index in [1.807, 2.05) is 6.08 Å². The Morgan fingerprint density at radius 1 is 0.946 bits per heavy atom. The van der Waals surface area contributed by atoms with Crippen LogP contribution in [0, 0.1) is 11.6 Å². The van der Waals surface area contributed by atoms with Crippen molar-refractivity contribution in [2.75, 3.05) is 47.8 Å². The van der Waals surface area contributed by atoms with Gasteiger partial charge < -0.3 is 24.1 Å². The lowest BCUT2D eigenvalue weighted by Gasteiger charge is -2.13. The third-order valence-electron chi connectivity index (χ3n) is 5.72. The van der Waals surface area contributed by atoms with E-state index >= 15 is 0 Å². The third-order valence-corrected chi connectivity index (χ3v) is 5.72. The van der Waals surface area contributed by atoms with E-state index in [1.165, 1.54) is 38.5 Å². The summed E-state index contributed by atoms with van der Waals surface area (Å²) in [5, 5.41) is 7.00. The summed E-state index contributed by atoms with van der Waals surface area (Å²) in [6.07, 6.45) is 3.04. The molecule has 1 N–H and O–H groups in total. The molecule has 0 saturated carbocycles. The molecule has 1 atom stereocenters. The van der Waals surface area contributed by atoms with Crippen LogP contribution in [0.5, 0.6) is 0 Å². The molecular formula is C28H36F2O7. The maximum absolute atomic E-state index is 13.2. The molecule has 0 aliphatic carbocycles. The third kappa shape index (κ3) is 9.68. The Kier molecular flexibility index (Phi) is 14.3. The molecule has 7 nitrogen and oxygen atoms in total. The summed E-state index contributed by atoms with van der Waals surface area (Å²) in [5.74, 6) is -1.15. The van der Waals surface area contributed by atoms with Crippen LogP contribution in [-0.4, -0.2) is 64.8 Å². The number of ether oxygens (including phenoxy) is 4. The van der Waals surface area contributed by atoms with Crippen molar-refractivity contribution in [2.45, 2.75) is 32.6 Å². The van der Waals surface area contributed by atoms with Gasteiger partial charge in [0.25, 0.3) is 0 Å². The van der Waals surface area contributed by atoms with Crippen LogP contribution in [0.15, 0.2) is 42.5 Å². The highest BCUT2D eigenvalue weighted by atomic mass is 19.1. The van der Waals surface area contributed by atoms with Gasteiger partial charge in [0.1, 0.15) is 11.6 Å². The summed E-state index contributed by atoms with van der Waals surface area (Å²) in [4.78, 5) is 22.5. The maximum Gasteiger partial charge on any atom is 0.310 e. The smallest absolute Gasteiger partial charge is 0.310 e. The van der Waals surface area contributed by atoms with Gasteiger partial charge in [0.2, 0.25) is 0 Å². The Morgan fingerprint density at radius 2 is 1.54 bits per heavy atom. The number of methoxy groups -OCH3 is 2. The van der Waals surface area contributed by atoms with Gasteiger partial charge in [-0.05, 0) is 58.5 Å². The molecule has 37 heavy (non-hydrogen) atoms. The second-order valence-corrected chi connectivity index (χ2v) is 7.96. The minimum absolute atomic E-state index is 0. The monoisotopic (exact) mass is 522 g/mol. The lowest BCUT2D eigenvalue weighted by atomic mass is 9.92. The molecule has 2 aliphatic heterocycles.